The second kappa shape index (κ2) is 6.60. The molecular formula is C25H34S. The van der Waals surface area contributed by atoms with Crippen molar-refractivity contribution in [1.29, 1.82) is 0 Å². The van der Waals surface area contributed by atoms with Gasteiger partial charge in [0.15, 0.2) is 0 Å². The average molecular weight is 367 g/mol. The van der Waals surface area contributed by atoms with Crippen LogP contribution in [-0.2, 0) is 12.8 Å². The SMILES string of the molecule is CC(C)=C(C)Cc1ccc2c(c1)S(C)(C)c1cc(CC(C)(C)C)ccc1-2. The van der Waals surface area contributed by atoms with Crippen molar-refractivity contribution in [3.63, 3.8) is 0 Å². The molecule has 0 unspecified atom stereocenters. The van der Waals surface area contributed by atoms with Gasteiger partial charge in [0.1, 0.15) is 0 Å². The molecule has 0 spiro atoms. The summed E-state index contributed by atoms with van der Waals surface area (Å²) in [6.45, 7) is 13.7. The zero-order valence-electron chi connectivity index (χ0n) is 17.8. The van der Waals surface area contributed by atoms with Gasteiger partial charge >= 0.3 is 0 Å². The van der Waals surface area contributed by atoms with Crippen LogP contribution in [0.3, 0.4) is 0 Å². The van der Waals surface area contributed by atoms with Crippen LogP contribution in [0.1, 0.15) is 52.7 Å². The summed E-state index contributed by atoms with van der Waals surface area (Å²) >= 11 is 0. The molecule has 3 rings (SSSR count). The summed E-state index contributed by atoms with van der Waals surface area (Å²) in [6.07, 6.45) is 7.14. The Balaban J connectivity index is 2.03. The monoisotopic (exact) mass is 366 g/mol. The summed E-state index contributed by atoms with van der Waals surface area (Å²) in [4.78, 5) is 3.14. The Morgan fingerprint density at radius 1 is 0.808 bits per heavy atom. The van der Waals surface area contributed by atoms with Crippen LogP contribution < -0.4 is 0 Å². The summed E-state index contributed by atoms with van der Waals surface area (Å²) < 4.78 is 0. The molecule has 0 atom stereocenters. The van der Waals surface area contributed by atoms with E-state index < -0.39 is 10.0 Å². The van der Waals surface area contributed by atoms with Crippen molar-refractivity contribution >= 4 is 10.0 Å². The first-order valence-corrected chi connectivity index (χ1v) is 12.1. The zero-order chi connectivity index (χ0) is 19.3. The van der Waals surface area contributed by atoms with Crippen molar-refractivity contribution in [3.8, 4) is 11.1 Å². The van der Waals surface area contributed by atoms with Gasteiger partial charge in [0.05, 0.1) is 0 Å². The lowest BCUT2D eigenvalue weighted by molar-refractivity contribution is 0.411. The van der Waals surface area contributed by atoms with Gasteiger partial charge in [0.25, 0.3) is 0 Å². The van der Waals surface area contributed by atoms with E-state index in [0.717, 1.165) is 12.8 Å². The van der Waals surface area contributed by atoms with Gasteiger partial charge in [-0.15, -0.1) is 0 Å². The molecule has 1 heteroatoms. The molecule has 0 saturated carbocycles. The highest BCUT2D eigenvalue weighted by Gasteiger charge is 2.32. The molecule has 1 aliphatic heterocycles. The van der Waals surface area contributed by atoms with Crippen LogP contribution in [0, 0.1) is 5.41 Å². The summed E-state index contributed by atoms with van der Waals surface area (Å²) in [5.41, 5.74) is 9.10. The van der Waals surface area contributed by atoms with E-state index in [1.165, 1.54) is 33.4 Å². The molecule has 1 aliphatic rings. The Kier molecular flexibility index (Phi) is 4.90. The smallest absolute Gasteiger partial charge is 0.00182 e. The molecule has 0 N–H and O–H groups in total. The average Bonchev–Trinajstić information content (AvgIpc) is 2.74. The van der Waals surface area contributed by atoms with Gasteiger partial charge in [-0.1, -0.05) is 56.2 Å². The number of fused-ring (bicyclic) bond motifs is 3. The van der Waals surface area contributed by atoms with E-state index in [-0.39, 0.29) is 0 Å². The molecule has 0 saturated heterocycles. The van der Waals surface area contributed by atoms with Gasteiger partial charge in [-0.05, 0) is 85.9 Å². The van der Waals surface area contributed by atoms with Crippen molar-refractivity contribution < 1.29 is 0 Å². The molecule has 1 heterocycles. The number of hydrogen-bond acceptors (Lipinski definition) is 0. The van der Waals surface area contributed by atoms with Gasteiger partial charge in [0, 0.05) is 9.79 Å². The number of hydrogen-bond donors (Lipinski definition) is 0. The van der Waals surface area contributed by atoms with E-state index in [0.29, 0.717) is 5.41 Å². The van der Waals surface area contributed by atoms with Gasteiger partial charge in [-0.3, -0.25) is 0 Å². The van der Waals surface area contributed by atoms with E-state index in [1.807, 2.05) is 0 Å². The molecule has 26 heavy (non-hydrogen) atoms. The normalized spacial score (nSPS) is 16.0. The van der Waals surface area contributed by atoms with Crippen molar-refractivity contribution in [3.05, 3.63) is 58.7 Å². The molecule has 0 nitrogen and oxygen atoms in total. The van der Waals surface area contributed by atoms with Crippen molar-refractivity contribution in [1.82, 2.24) is 0 Å². The molecule has 0 amide bonds. The topological polar surface area (TPSA) is 0 Å². The van der Waals surface area contributed by atoms with E-state index in [1.54, 1.807) is 9.79 Å². The number of benzene rings is 2. The Hall–Kier alpha value is -1.47. The van der Waals surface area contributed by atoms with Crippen molar-refractivity contribution in [2.75, 3.05) is 12.5 Å². The standard InChI is InChI=1S/C25H34S/c1-17(2)18(3)13-19-9-11-21-22-12-10-20(16-25(4,5)6)15-24(22)26(7,8)23(21)14-19/h9-12,14-15H,13,16H2,1-8H3. The van der Waals surface area contributed by atoms with Gasteiger partial charge in [-0.2, -0.15) is 10.0 Å². The predicted octanol–water partition coefficient (Wildman–Crippen LogP) is 7.64. The maximum absolute atomic E-state index is 2.50. The first kappa shape index (κ1) is 19.3. The Bertz CT molecular complexity index is 872. The van der Waals surface area contributed by atoms with E-state index in [4.69, 9.17) is 0 Å². The largest absolute Gasteiger partial charge is 0.192 e. The second-order valence-electron chi connectivity index (χ2n) is 9.68. The summed E-state index contributed by atoms with van der Waals surface area (Å²) in [7, 11) is -0.938. The van der Waals surface area contributed by atoms with E-state index >= 15 is 0 Å². The molecule has 0 aromatic heterocycles. The maximum Gasteiger partial charge on any atom is 0.00182 e. The van der Waals surface area contributed by atoms with Crippen LogP contribution in [0.15, 0.2) is 57.3 Å². The van der Waals surface area contributed by atoms with Crippen LogP contribution >= 0.6 is 10.0 Å². The van der Waals surface area contributed by atoms with E-state index in [9.17, 15) is 0 Å². The summed E-state index contributed by atoms with van der Waals surface area (Å²) in [5, 5.41) is 0. The second-order valence-corrected chi connectivity index (χ2v) is 13.2. The molecule has 2 aromatic rings. The number of rotatable bonds is 3. The minimum Gasteiger partial charge on any atom is -0.192 e. The zero-order valence-corrected chi connectivity index (χ0v) is 18.6. The van der Waals surface area contributed by atoms with Gasteiger partial charge < -0.3 is 0 Å². The minimum atomic E-state index is -0.938. The van der Waals surface area contributed by atoms with Gasteiger partial charge in [-0.25, -0.2) is 0 Å². The lowest BCUT2D eigenvalue weighted by atomic mass is 9.87. The van der Waals surface area contributed by atoms with Crippen molar-refractivity contribution in [2.24, 2.45) is 5.41 Å². The van der Waals surface area contributed by atoms with Crippen LogP contribution in [0.4, 0.5) is 0 Å². The Labute approximate surface area is 162 Å². The fourth-order valence-corrected chi connectivity index (χ4v) is 6.44. The van der Waals surface area contributed by atoms with Crippen LogP contribution in [0.25, 0.3) is 11.1 Å². The quantitative estimate of drug-likeness (QED) is 0.490. The third-order valence-corrected chi connectivity index (χ3v) is 8.41. The lowest BCUT2D eigenvalue weighted by Crippen LogP contribution is -2.09. The molecule has 2 aromatic carbocycles. The maximum atomic E-state index is 2.50. The first-order chi connectivity index (χ1) is 12.0. The summed E-state index contributed by atoms with van der Waals surface area (Å²) in [5.74, 6) is 0. The van der Waals surface area contributed by atoms with Gasteiger partial charge in [0.2, 0.25) is 0 Å². The summed E-state index contributed by atoms with van der Waals surface area (Å²) in [6, 6.07) is 14.4. The third kappa shape index (κ3) is 3.64. The predicted molar refractivity (Wildman–Crippen MR) is 119 cm³/mol. The molecular weight excluding hydrogens is 332 g/mol. The molecule has 0 aliphatic carbocycles. The lowest BCUT2D eigenvalue weighted by Gasteiger charge is -2.29. The third-order valence-electron chi connectivity index (χ3n) is 5.54. The number of allylic oxidation sites excluding steroid dienone is 2. The van der Waals surface area contributed by atoms with Crippen molar-refractivity contribution in [2.45, 2.75) is 64.2 Å². The molecule has 0 fully saturated rings. The first-order valence-electron chi connectivity index (χ1n) is 9.62. The van der Waals surface area contributed by atoms with E-state index in [2.05, 4.69) is 90.5 Å². The van der Waals surface area contributed by atoms with Crippen LogP contribution in [-0.4, -0.2) is 12.5 Å². The molecule has 0 bridgehead atoms. The highest BCUT2D eigenvalue weighted by molar-refractivity contribution is 8.33. The van der Waals surface area contributed by atoms with Crippen LogP contribution in [0.2, 0.25) is 0 Å². The molecule has 0 radical (unpaired) electrons. The highest BCUT2D eigenvalue weighted by Crippen LogP contribution is 2.67. The fraction of sp³-hybridized carbons (Fsp3) is 0.440. The minimum absolute atomic E-state index is 0.328. The Morgan fingerprint density at radius 3 is 1.81 bits per heavy atom. The molecule has 140 valence electrons. The van der Waals surface area contributed by atoms with Crippen LogP contribution in [0.5, 0.6) is 0 Å². The highest BCUT2D eigenvalue weighted by atomic mass is 32.3. The Morgan fingerprint density at radius 2 is 1.31 bits per heavy atom. The fourth-order valence-electron chi connectivity index (χ4n) is 3.86.